The minimum absolute atomic E-state index is 0.0299. The van der Waals surface area contributed by atoms with Gasteiger partial charge in [0.25, 0.3) is 0 Å². The molecule has 104 valence electrons. The van der Waals surface area contributed by atoms with E-state index in [2.05, 4.69) is 10.7 Å². The first-order valence-electron chi connectivity index (χ1n) is 6.16. The molecule has 1 heterocycles. The molecule has 0 amide bonds. The number of hydrogen-bond acceptors (Lipinski definition) is 6. The Bertz CT molecular complexity index is 472. The van der Waals surface area contributed by atoms with E-state index >= 15 is 0 Å². The zero-order valence-electron chi connectivity index (χ0n) is 10.8. The fourth-order valence-electron chi connectivity index (χ4n) is 2.23. The summed E-state index contributed by atoms with van der Waals surface area (Å²) in [7, 11) is 0. The number of nitrogens with zero attached hydrogens (tertiary/aromatic N) is 1. The zero-order valence-corrected chi connectivity index (χ0v) is 10.8. The molecule has 2 rings (SSSR count). The Labute approximate surface area is 111 Å². The first-order valence-corrected chi connectivity index (χ1v) is 6.16. The van der Waals surface area contributed by atoms with Gasteiger partial charge in [0.05, 0.1) is 4.92 Å². The highest BCUT2D eigenvalue weighted by molar-refractivity contribution is 5.76. The van der Waals surface area contributed by atoms with E-state index in [0.29, 0.717) is 24.6 Å². The molecule has 7 nitrogen and oxygen atoms in total. The lowest BCUT2D eigenvalue weighted by atomic mass is 9.92. The van der Waals surface area contributed by atoms with Crippen molar-refractivity contribution in [3.63, 3.8) is 0 Å². The lowest BCUT2D eigenvalue weighted by molar-refractivity contribution is -0.383. The van der Waals surface area contributed by atoms with Crippen molar-refractivity contribution in [2.45, 2.75) is 25.3 Å². The van der Waals surface area contributed by atoms with Gasteiger partial charge in [0.1, 0.15) is 11.4 Å². The van der Waals surface area contributed by atoms with Crippen LogP contribution < -0.4 is 16.6 Å². The van der Waals surface area contributed by atoms with Crippen molar-refractivity contribution in [3.8, 4) is 0 Å². The maximum absolute atomic E-state index is 11.2. The van der Waals surface area contributed by atoms with Gasteiger partial charge in [-0.3, -0.25) is 16.0 Å². The molecule has 1 aliphatic rings. The molecule has 0 radical (unpaired) electrons. The van der Waals surface area contributed by atoms with Crippen molar-refractivity contribution >= 4 is 17.1 Å². The summed E-state index contributed by atoms with van der Waals surface area (Å²) in [6, 6.07) is 5.00. The summed E-state index contributed by atoms with van der Waals surface area (Å²) in [5.74, 6) is 5.32. The lowest BCUT2D eigenvalue weighted by Crippen LogP contribution is -2.40. The predicted octanol–water partition coefficient (Wildman–Crippen LogP) is 1.86. The molecule has 1 aromatic carbocycles. The summed E-state index contributed by atoms with van der Waals surface area (Å²) in [6.07, 6.45) is 1.62. The van der Waals surface area contributed by atoms with Gasteiger partial charge in [-0.15, -0.1) is 0 Å². The van der Waals surface area contributed by atoms with E-state index in [-0.39, 0.29) is 11.2 Å². The van der Waals surface area contributed by atoms with Crippen molar-refractivity contribution in [3.05, 3.63) is 28.3 Å². The number of nitro groups is 1. The third-order valence-electron chi connectivity index (χ3n) is 3.41. The van der Waals surface area contributed by atoms with E-state index in [9.17, 15) is 10.1 Å². The zero-order chi connectivity index (χ0) is 13.9. The smallest absolute Gasteiger partial charge is 0.316 e. The summed E-state index contributed by atoms with van der Waals surface area (Å²) in [5, 5.41) is 14.5. The second-order valence-corrected chi connectivity index (χ2v) is 4.90. The van der Waals surface area contributed by atoms with E-state index in [1.165, 1.54) is 0 Å². The number of nitrogens with one attached hydrogen (secondary N) is 2. The van der Waals surface area contributed by atoms with Crippen LogP contribution in [0.2, 0.25) is 0 Å². The number of para-hydroxylation sites is 1. The third-order valence-corrected chi connectivity index (χ3v) is 3.41. The molecular formula is C12H18N4O3. The van der Waals surface area contributed by atoms with Crippen molar-refractivity contribution in [2.24, 2.45) is 5.84 Å². The van der Waals surface area contributed by atoms with Crippen molar-refractivity contribution < 1.29 is 9.66 Å². The number of ether oxygens (including phenoxy) is 1. The van der Waals surface area contributed by atoms with Gasteiger partial charge in [0, 0.05) is 18.8 Å². The first-order chi connectivity index (χ1) is 9.06. The highest BCUT2D eigenvalue weighted by atomic mass is 16.6. The monoisotopic (exact) mass is 266 g/mol. The fraction of sp³-hybridized carbons (Fsp3) is 0.500. The van der Waals surface area contributed by atoms with Crippen LogP contribution in [0.1, 0.15) is 19.8 Å². The van der Waals surface area contributed by atoms with E-state index < -0.39 is 4.92 Å². The first kappa shape index (κ1) is 13.6. The highest BCUT2D eigenvalue weighted by Crippen LogP contribution is 2.35. The highest BCUT2D eigenvalue weighted by Gasteiger charge is 2.30. The van der Waals surface area contributed by atoms with Crippen LogP contribution in [0.15, 0.2) is 18.2 Å². The Morgan fingerprint density at radius 2 is 2.00 bits per heavy atom. The minimum atomic E-state index is -0.430. The summed E-state index contributed by atoms with van der Waals surface area (Å²) in [6.45, 7) is 3.36. The molecule has 19 heavy (non-hydrogen) atoms. The Kier molecular flexibility index (Phi) is 3.87. The molecule has 0 unspecified atom stereocenters. The van der Waals surface area contributed by atoms with Crippen molar-refractivity contribution in [1.82, 2.24) is 0 Å². The van der Waals surface area contributed by atoms with Crippen LogP contribution in [0, 0.1) is 10.1 Å². The molecule has 0 aromatic heterocycles. The van der Waals surface area contributed by atoms with Gasteiger partial charge in [-0.05, 0) is 31.9 Å². The normalized spacial score (nSPS) is 17.8. The van der Waals surface area contributed by atoms with Gasteiger partial charge in [0.15, 0.2) is 0 Å². The summed E-state index contributed by atoms with van der Waals surface area (Å²) in [4.78, 5) is 10.8. The average molecular weight is 266 g/mol. The molecule has 1 aromatic rings. The van der Waals surface area contributed by atoms with Gasteiger partial charge in [0.2, 0.25) is 0 Å². The van der Waals surface area contributed by atoms with Crippen molar-refractivity contribution in [2.75, 3.05) is 24.0 Å². The SMILES string of the molecule is CC1(Nc2cccc(NN)c2[N+](=O)[O-])CCOCC1. The molecule has 1 saturated heterocycles. The standard InChI is InChI=1S/C12H18N4O3/c1-12(5-7-19-8-6-12)14-9-3-2-4-10(15-13)11(9)16(17)18/h2-4,14-15H,5-8,13H2,1H3. The van der Waals surface area contributed by atoms with Crippen LogP contribution in [-0.4, -0.2) is 23.7 Å². The Morgan fingerprint density at radius 3 is 2.58 bits per heavy atom. The summed E-state index contributed by atoms with van der Waals surface area (Å²) < 4.78 is 5.32. The number of nitrogens with two attached hydrogens (primary N) is 1. The number of anilines is 2. The molecule has 7 heteroatoms. The van der Waals surface area contributed by atoms with E-state index in [4.69, 9.17) is 10.6 Å². The van der Waals surface area contributed by atoms with Gasteiger partial charge in [-0.25, -0.2) is 0 Å². The van der Waals surface area contributed by atoms with E-state index in [1.807, 2.05) is 6.92 Å². The maximum atomic E-state index is 11.2. The quantitative estimate of drug-likeness (QED) is 0.436. The Hall–Kier alpha value is -1.86. The van der Waals surface area contributed by atoms with Crippen LogP contribution in [0.25, 0.3) is 0 Å². The molecule has 1 aliphatic heterocycles. The minimum Gasteiger partial charge on any atom is -0.381 e. The lowest BCUT2D eigenvalue weighted by Gasteiger charge is -2.35. The number of hydrazine groups is 1. The van der Waals surface area contributed by atoms with Crippen molar-refractivity contribution in [1.29, 1.82) is 0 Å². The number of nitro benzene ring substituents is 1. The number of hydrogen-bond donors (Lipinski definition) is 3. The summed E-state index contributed by atoms with van der Waals surface area (Å²) in [5.41, 5.74) is 2.91. The molecule has 0 bridgehead atoms. The van der Waals surface area contributed by atoms with Crippen LogP contribution in [-0.2, 0) is 4.74 Å². The van der Waals surface area contributed by atoms with Gasteiger partial charge < -0.3 is 15.5 Å². The van der Waals surface area contributed by atoms with E-state index in [1.54, 1.807) is 18.2 Å². The fourth-order valence-corrected chi connectivity index (χ4v) is 2.23. The molecule has 0 aliphatic carbocycles. The Balaban J connectivity index is 2.31. The van der Waals surface area contributed by atoms with Crippen LogP contribution >= 0.6 is 0 Å². The molecule has 4 N–H and O–H groups in total. The molecule has 1 fully saturated rings. The van der Waals surface area contributed by atoms with Crippen LogP contribution in [0.3, 0.4) is 0 Å². The van der Waals surface area contributed by atoms with Gasteiger partial charge >= 0.3 is 5.69 Å². The molecular weight excluding hydrogens is 248 g/mol. The second kappa shape index (κ2) is 5.41. The van der Waals surface area contributed by atoms with Crippen LogP contribution in [0.5, 0.6) is 0 Å². The largest absolute Gasteiger partial charge is 0.381 e. The predicted molar refractivity (Wildman–Crippen MR) is 73.0 cm³/mol. The molecule has 0 spiro atoms. The Morgan fingerprint density at radius 1 is 1.37 bits per heavy atom. The maximum Gasteiger partial charge on any atom is 0.316 e. The summed E-state index contributed by atoms with van der Waals surface area (Å²) >= 11 is 0. The molecule has 0 atom stereocenters. The second-order valence-electron chi connectivity index (χ2n) is 4.90. The van der Waals surface area contributed by atoms with Gasteiger partial charge in [-0.2, -0.15) is 0 Å². The third kappa shape index (κ3) is 2.94. The van der Waals surface area contributed by atoms with E-state index in [0.717, 1.165) is 12.8 Å². The van der Waals surface area contributed by atoms with Crippen LogP contribution in [0.4, 0.5) is 17.1 Å². The number of benzene rings is 1. The number of nitrogen functional groups attached to an aromatic ring is 1. The molecule has 0 saturated carbocycles. The topological polar surface area (TPSA) is 102 Å². The average Bonchev–Trinajstić information content (AvgIpc) is 2.38. The number of rotatable bonds is 4. The van der Waals surface area contributed by atoms with Gasteiger partial charge in [-0.1, -0.05) is 6.07 Å².